The van der Waals surface area contributed by atoms with E-state index in [9.17, 15) is 13.2 Å². The number of anilines is 1. The molecule has 0 bridgehead atoms. The van der Waals surface area contributed by atoms with E-state index in [4.69, 9.17) is 0 Å². The molecule has 0 amide bonds. The lowest BCUT2D eigenvalue weighted by Gasteiger charge is -2.16. The van der Waals surface area contributed by atoms with Crippen LogP contribution in [-0.4, -0.2) is 30.9 Å². The monoisotopic (exact) mass is 259 g/mol. The highest BCUT2D eigenvalue weighted by atomic mass is 32.2. The van der Waals surface area contributed by atoms with Gasteiger partial charge in [-0.1, -0.05) is 6.92 Å². The van der Waals surface area contributed by atoms with Crippen LogP contribution in [-0.2, 0) is 17.3 Å². The van der Waals surface area contributed by atoms with E-state index in [1.54, 1.807) is 27.1 Å². The fraction of sp³-hybridized carbons (Fsp3) is 0.500. The average molecular weight is 259 g/mol. The van der Waals surface area contributed by atoms with Crippen LogP contribution in [0.25, 0.3) is 0 Å². The van der Waals surface area contributed by atoms with Crippen molar-refractivity contribution >= 4 is 15.9 Å². The Morgan fingerprint density at radius 3 is 2.59 bits per heavy atom. The molecular weight excluding hydrogens is 242 g/mol. The van der Waals surface area contributed by atoms with Crippen LogP contribution in [0.1, 0.15) is 12.5 Å². The number of hydrogen-bond donors (Lipinski definition) is 1. The van der Waals surface area contributed by atoms with E-state index in [-0.39, 0.29) is 11.2 Å². The van der Waals surface area contributed by atoms with Gasteiger partial charge in [0, 0.05) is 26.8 Å². The highest BCUT2D eigenvalue weighted by Gasteiger charge is 2.17. The van der Waals surface area contributed by atoms with Gasteiger partial charge in [-0.05, 0) is 18.6 Å². The van der Waals surface area contributed by atoms with Crippen molar-refractivity contribution in [2.45, 2.75) is 13.8 Å². The largest absolute Gasteiger partial charge is 0.317 e. The third-order valence-corrected chi connectivity index (χ3v) is 3.97. The van der Waals surface area contributed by atoms with Gasteiger partial charge in [-0.15, -0.1) is 0 Å². The van der Waals surface area contributed by atoms with Crippen LogP contribution in [0.2, 0.25) is 0 Å². The molecule has 0 saturated heterocycles. The summed E-state index contributed by atoms with van der Waals surface area (Å²) in [6, 6.07) is 1.52. The molecule has 0 saturated carbocycles. The Morgan fingerprint density at radius 1 is 1.47 bits per heavy atom. The van der Waals surface area contributed by atoms with Crippen LogP contribution in [0.4, 0.5) is 5.69 Å². The summed E-state index contributed by atoms with van der Waals surface area (Å²) in [4.78, 5) is 11.7. The Bertz CT molecular complexity index is 563. The van der Waals surface area contributed by atoms with E-state index in [0.717, 1.165) is 9.87 Å². The van der Waals surface area contributed by atoms with Crippen molar-refractivity contribution in [2.24, 2.45) is 7.05 Å². The normalized spacial score (nSPS) is 11.8. The highest BCUT2D eigenvalue weighted by Crippen LogP contribution is 2.07. The summed E-state index contributed by atoms with van der Waals surface area (Å²) in [5.41, 5.74) is 0.500. The fourth-order valence-corrected chi connectivity index (χ4v) is 2.26. The Morgan fingerprint density at radius 2 is 2.06 bits per heavy atom. The van der Waals surface area contributed by atoms with Gasteiger partial charge in [0.1, 0.15) is 5.69 Å². The lowest BCUT2D eigenvalue weighted by molar-refractivity contribution is 0.491. The zero-order valence-corrected chi connectivity index (χ0v) is 11.2. The van der Waals surface area contributed by atoms with Gasteiger partial charge in [0.05, 0.1) is 0 Å². The summed E-state index contributed by atoms with van der Waals surface area (Å²) in [5.74, 6) is 0. The predicted octanol–water partition coefficient (Wildman–Crippen LogP) is 0.302. The van der Waals surface area contributed by atoms with Crippen LogP contribution in [0.15, 0.2) is 17.1 Å². The average Bonchev–Trinajstić information content (AvgIpc) is 2.23. The van der Waals surface area contributed by atoms with E-state index in [0.29, 0.717) is 6.54 Å². The van der Waals surface area contributed by atoms with Gasteiger partial charge in [-0.25, -0.2) is 0 Å². The Balaban J connectivity index is 3.17. The standard InChI is InChI=1S/C10H17N3O3S/c1-5-13(4)17(15,16)11-9-6-8(2)7-12(3)10(9)14/h6-7,11H,5H2,1-4H3. The highest BCUT2D eigenvalue weighted by molar-refractivity contribution is 7.90. The van der Waals surface area contributed by atoms with E-state index in [1.807, 2.05) is 0 Å². The van der Waals surface area contributed by atoms with Gasteiger partial charge < -0.3 is 4.57 Å². The van der Waals surface area contributed by atoms with Crippen LogP contribution >= 0.6 is 0 Å². The van der Waals surface area contributed by atoms with Gasteiger partial charge >= 0.3 is 10.2 Å². The number of nitrogens with zero attached hydrogens (tertiary/aromatic N) is 2. The summed E-state index contributed by atoms with van der Waals surface area (Å²) >= 11 is 0. The number of nitrogens with one attached hydrogen (secondary N) is 1. The molecule has 0 radical (unpaired) electrons. The third kappa shape index (κ3) is 3.07. The maximum Gasteiger partial charge on any atom is 0.301 e. The maximum absolute atomic E-state index is 11.8. The first-order valence-corrected chi connectivity index (χ1v) is 6.63. The Hall–Kier alpha value is -1.34. The van der Waals surface area contributed by atoms with Crippen molar-refractivity contribution in [3.8, 4) is 0 Å². The second-order valence-electron chi connectivity index (χ2n) is 3.87. The van der Waals surface area contributed by atoms with Crippen molar-refractivity contribution in [1.82, 2.24) is 8.87 Å². The maximum atomic E-state index is 11.8. The SMILES string of the molecule is CCN(C)S(=O)(=O)Nc1cc(C)cn(C)c1=O. The number of rotatable bonds is 4. The zero-order valence-electron chi connectivity index (χ0n) is 10.4. The summed E-state index contributed by atoms with van der Waals surface area (Å²) < 4.78 is 28.3. The molecule has 1 heterocycles. The van der Waals surface area contributed by atoms with Crippen molar-refractivity contribution < 1.29 is 8.42 Å². The van der Waals surface area contributed by atoms with Gasteiger partial charge in [-0.2, -0.15) is 12.7 Å². The van der Waals surface area contributed by atoms with Crippen LogP contribution in [0.3, 0.4) is 0 Å². The molecule has 0 atom stereocenters. The molecule has 0 aliphatic heterocycles. The predicted molar refractivity (Wildman–Crippen MR) is 67.3 cm³/mol. The molecule has 1 aromatic rings. The topological polar surface area (TPSA) is 71.4 Å². The molecular formula is C10H17N3O3S. The minimum atomic E-state index is -3.65. The van der Waals surface area contributed by atoms with Crippen LogP contribution in [0, 0.1) is 6.92 Å². The minimum absolute atomic E-state index is 0.0628. The van der Waals surface area contributed by atoms with Gasteiger partial charge in [0.25, 0.3) is 5.56 Å². The van der Waals surface area contributed by atoms with Crippen molar-refractivity contribution in [2.75, 3.05) is 18.3 Å². The molecule has 1 aromatic heterocycles. The summed E-state index contributed by atoms with van der Waals surface area (Å²) in [6.07, 6.45) is 1.64. The first kappa shape index (κ1) is 13.7. The number of pyridine rings is 1. The van der Waals surface area contributed by atoms with Crippen LogP contribution < -0.4 is 10.3 Å². The van der Waals surface area contributed by atoms with Crippen molar-refractivity contribution in [1.29, 1.82) is 0 Å². The molecule has 0 spiro atoms. The second-order valence-corrected chi connectivity index (χ2v) is 5.65. The minimum Gasteiger partial charge on any atom is -0.317 e. The first-order chi connectivity index (χ1) is 7.77. The van der Waals surface area contributed by atoms with Gasteiger partial charge in [0.2, 0.25) is 0 Å². The third-order valence-electron chi connectivity index (χ3n) is 2.41. The fourth-order valence-electron chi connectivity index (χ4n) is 1.34. The second kappa shape index (κ2) is 4.89. The van der Waals surface area contributed by atoms with E-state index in [2.05, 4.69) is 4.72 Å². The Kier molecular flexibility index (Phi) is 3.94. The molecule has 0 aromatic carbocycles. The van der Waals surface area contributed by atoms with Crippen molar-refractivity contribution in [3.05, 3.63) is 28.2 Å². The molecule has 7 heteroatoms. The molecule has 1 N–H and O–H groups in total. The number of aryl methyl sites for hydroxylation is 2. The smallest absolute Gasteiger partial charge is 0.301 e. The molecule has 0 aliphatic rings. The molecule has 17 heavy (non-hydrogen) atoms. The molecule has 0 unspecified atom stereocenters. The molecule has 96 valence electrons. The summed E-state index contributed by atoms with van der Waals surface area (Å²) in [6.45, 7) is 3.84. The van der Waals surface area contributed by atoms with Gasteiger partial charge in [-0.3, -0.25) is 9.52 Å². The molecule has 1 rings (SSSR count). The van der Waals surface area contributed by atoms with E-state index < -0.39 is 10.2 Å². The summed E-state index contributed by atoms with van der Waals surface area (Å²) in [5, 5.41) is 0. The Labute approximate surface area is 101 Å². The molecule has 0 fully saturated rings. The molecule has 6 nitrogen and oxygen atoms in total. The van der Waals surface area contributed by atoms with Crippen molar-refractivity contribution in [3.63, 3.8) is 0 Å². The number of aromatic nitrogens is 1. The quantitative estimate of drug-likeness (QED) is 0.845. The van der Waals surface area contributed by atoms with Gasteiger partial charge in [0.15, 0.2) is 0 Å². The first-order valence-electron chi connectivity index (χ1n) is 5.19. The lowest BCUT2D eigenvalue weighted by atomic mass is 10.3. The lowest BCUT2D eigenvalue weighted by Crippen LogP contribution is -2.34. The van der Waals surface area contributed by atoms with Crippen LogP contribution in [0.5, 0.6) is 0 Å². The molecule has 0 aliphatic carbocycles. The summed E-state index contributed by atoms with van der Waals surface area (Å²) in [7, 11) is -0.622. The van der Waals surface area contributed by atoms with E-state index >= 15 is 0 Å². The van der Waals surface area contributed by atoms with E-state index in [1.165, 1.54) is 17.7 Å². The number of hydrogen-bond acceptors (Lipinski definition) is 3. The zero-order chi connectivity index (χ0) is 13.2.